The van der Waals surface area contributed by atoms with Crippen LogP contribution in [0.25, 0.3) is 0 Å². The largest absolute Gasteiger partial charge is 0.468 e. The Morgan fingerprint density at radius 3 is 2.70 bits per heavy atom. The lowest BCUT2D eigenvalue weighted by Gasteiger charge is -2.29. The summed E-state index contributed by atoms with van der Waals surface area (Å²) in [7, 11) is -2.47. The number of methoxy groups -OCH3 is 1. The number of unbranched alkanes of at least 4 members (excludes halogenated alkanes) is 1. The molecule has 0 radical (unpaired) electrons. The van der Waals surface area contributed by atoms with Gasteiger partial charge in [-0.3, -0.25) is 4.90 Å². The molecule has 9 heteroatoms. The Balaban J connectivity index is 1.58. The van der Waals surface area contributed by atoms with Crippen LogP contribution in [0, 0.1) is 0 Å². The van der Waals surface area contributed by atoms with E-state index in [4.69, 9.17) is 9.47 Å². The number of aryl methyl sites for hydroxylation is 1. The van der Waals surface area contributed by atoms with Crippen LogP contribution in [0.15, 0.2) is 58.4 Å². The maximum absolute atomic E-state index is 13.5. The number of carbonyl (C=O) groups excluding carboxylic acids is 1. The number of ether oxygens (including phenoxy) is 2. The number of fused-ring (bicyclic) bond motifs is 1. The molecular weight excluding hydrogens is 442 g/mol. The summed E-state index contributed by atoms with van der Waals surface area (Å²) >= 11 is 0. The number of carbonyl (C=O) groups is 1. The lowest BCUT2D eigenvalue weighted by molar-refractivity contribution is 0.151. The van der Waals surface area contributed by atoms with Crippen LogP contribution in [0.4, 0.5) is 10.5 Å². The van der Waals surface area contributed by atoms with Crippen LogP contribution in [0.1, 0.15) is 43.4 Å². The van der Waals surface area contributed by atoms with Crippen molar-refractivity contribution in [3.05, 3.63) is 59.7 Å². The summed E-state index contributed by atoms with van der Waals surface area (Å²) in [6.07, 6.45) is 2.80. The van der Waals surface area contributed by atoms with Gasteiger partial charge in [0.05, 0.1) is 36.9 Å². The molecule has 8 nitrogen and oxygen atoms in total. The normalized spacial score (nSPS) is 18.0. The van der Waals surface area contributed by atoms with E-state index >= 15 is 0 Å². The topological polar surface area (TPSA) is 88.5 Å². The molecule has 0 fully saturated rings. The number of sulfonamides is 1. The molecule has 176 valence electrons. The van der Waals surface area contributed by atoms with Crippen LogP contribution < -0.4 is 4.90 Å². The van der Waals surface area contributed by atoms with Gasteiger partial charge >= 0.3 is 12.1 Å². The Hall–Kier alpha value is -3.07. The van der Waals surface area contributed by atoms with Crippen molar-refractivity contribution in [2.24, 2.45) is 4.99 Å². The molecule has 33 heavy (non-hydrogen) atoms. The smallest absolute Gasteiger partial charge is 0.414 e. The van der Waals surface area contributed by atoms with Gasteiger partial charge in [0, 0.05) is 6.54 Å². The number of amides is 1. The Bertz CT molecular complexity index is 1130. The third kappa shape index (κ3) is 4.68. The van der Waals surface area contributed by atoms with E-state index in [1.807, 2.05) is 37.3 Å². The van der Waals surface area contributed by atoms with Gasteiger partial charge in [0.15, 0.2) is 0 Å². The quantitative estimate of drug-likeness (QED) is 0.591. The number of anilines is 1. The van der Waals surface area contributed by atoms with Gasteiger partial charge in [-0.2, -0.15) is 0 Å². The first-order valence-electron chi connectivity index (χ1n) is 11.2. The summed E-state index contributed by atoms with van der Waals surface area (Å²) in [5, 5.41) is 0. The monoisotopic (exact) mass is 471 g/mol. The van der Waals surface area contributed by atoms with Crippen molar-refractivity contribution in [2.45, 2.75) is 43.5 Å². The fourth-order valence-electron chi connectivity index (χ4n) is 4.12. The molecule has 1 atom stereocenters. The highest BCUT2D eigenvalue weighted by molar-refractivity contribution is 7.89. The van der Waals surface area contributed by atoms with E-state index in [0.29, 0.717) is 25.3 Å². The maximum Gasteiger partial charge on any atom is 0.414 e. The zero-order valence-electron chi connectivity index (χ0n) is 18.9. The fraction of sp³-hybridized carbons (Fsp3) is 0.417. The Morgan fingerprint density at radius 2 is 1.97 bits per heavy atom. The molecule has 2 aliphatic heterocycles. The van der Waals surface area contributed by atoms with Gasteiger partial charge in [-0.15, -0.1) is 0 Å². The highest BCUT2D eigenvalue weighted by atomic mass is 32.2. The summed E-state index contributed by atoms with van der Waals surface area (Å²) in [5.74, 6) is 0. The van der Waals surface area contributed by atoms with Gasteiger partial charge in [-0.25, -0.2) is 22.5 Å². The SMILES string of the molecule is CCCCOC(=O)N1CCCc2cc(S(=O)(=O)N3CC(c4ccccc4)N=C3OC)ccc21. The highest BCUT2D eigenvalue weighted by Crippen LogP contribution is 2.33. The summed E-state index contributed by atoms with van der Waals surface area (Å²) in [5.41, 5.74) is 2.43. The number of hydrogen-bond donors (Lipinski definition) is 0. The van der Waals surface area contributed by atoms with Crippen molar-refractivity contribution in [1.82, 2.24) is 4.31 Å². The minimum Gasteiger partial charge on any atom is -0.468 e. The van der Waals surface area contributed by atoms with Crippen molar-refractivity contribution < 1.29 is 22.7 Å². The van der Waals surface area contributed by atoms with Crippen molar-refractivity contribution in [2.75, 3.05) is 31.7 Å². The van der Waals surface area contributed by atoms with Crippen molar-refractivity contribution in [3.8, 4) is 0 Å². The molecule has 2 aliphatic rings. The predicted octanol–water partition coefficient (Wildman–Crippen LogP) is 4.12. The molecule has 1 amide bonds. The number of amidine groups is 1. The Morgan fingerprint density at radius 1 is 1.18 bits per heavy atom. The summed E-state index contributed by atoms with van der Waals surface area (Å²) in [6, 6.07) is 14.2. The van der Waals surface area contributed by atoms with E-state index in [1.165, 1.54) is 17.5 Å². The van der Waals surface area contributed by atoms with Crippen molar-refractivity contribution >= 4 is 27.8 Å². The molecule has 0 saturated carbocycles. The van der Waals surface area contributed by atoms with E-state index in [-0.39, 0.29) is 29.6 Å². The third-order valence-corrected chi connectivity index (χ3v) is 7.62. The average Bonchev–Trinajstić information content (AvgIpc) is 3.29. The molecule has 0 bridgehead atoms. The van der Waals surface area contributed by atoms with Crippen LogP contribution in [-0.4, -0.2) is 51.6 Å². The summed E-state index contributed by atoms with van der Waals surface area (Å²) in [6.45, 7) is 3.14. The number of hydrogen-bond acceptors (Lipinski definition) is 6. The molecule has 4 rings (SSSR count). The van der Waals surface area contributed by atoms with Gasteiger partial charge in [0.2, 0.25) is 0 Å². The Kier molecular flexibility index (Phi) is 6.88. The lowest BCUT2D eigenvalue weighted by atomic mass is 10.0. The first kappa shape index (κ1) is 23.1. The van der Waals surface area contributed by atoms with E-state index in [1.54, 1.807) is 17.0 Å². The molecule has 0 spiro atoms. The van der Waals surface area contributed by atoms with Crippen molar-refractivity contribution in [1.29, 1.82) is 0 Å². The minimum absolute atomic E-state index is 0.0719. The molecule has 2 heterocycles. The molecule has 2 aromatic carbocycles. The van der Waals surface area contributed by atoms with Crippen LogP contribution in [0.2, 0.25) is 0 Å². The van der Waals surface area contributed by atoms with Gasteiger partial charge < -0.3 is 9.47 Å². The van der Waals surface area contributed by atoms with Crippen LogP contribution in [0.5, 0.6) is 0 Å². The maximum atomic E-state index is 13.5. The van der Waals surface area contributed by atoms with Crippen LogP contribution in [0.3, 0.4) is 0 Å². The zero-order chi connectivity index (χ0) is 23.4. The first-order valence-corrected chi connectivity index (χ1v) is 12.7. The molecule has 0 N–H and O–H groups in total. The molecule has 1 unspecified atom stereocenters. The zero-order valence-corrected chi connectivity index (χ0v) is 19.8. The van der Waals surface area contributed by atoms with Gasteiger partial charge in [0.1, 0.15) is 0 Å². The number of benzene rings is 2. The van der Waals surface area contributed by atoms with Gasteiger partial charge in [0.25, 0.3) is 10.0 Å². The van der Waals surface area contributed by atoms with E-state index in [2.05, 4.69) is 4.99 Å². The van der Waals surface area contributed by atoms with Gasteiger partial charge in [-0.1, -0.05) is 43.7 Å². The number of rotatable bonds is 6. The molecule has 0 aliphatic carbocycles. The molecule has 0 saturated heterocycles. The lowest BCUT2D eigenvalue weighted by Crippen LogP contribution is -2.37. The molecule has 0 aromatic heterocycles. The molecule has 2 aromatic rings. The van der Waals surface area contributed by atoms with Crippen LogP contribution >= 0.6 is 0 Å². The second-order valence-electron chi connectivity index (χ2n) is 8.09. The number of aliphatic imine (C=N–C) groups is 1. The standard InChI is InChI=1S/C24H29N3O5S/c1-3-4-15-32-24(28)26-14-8-11-19-16-20(12-13-22(19)26)33(29,30)27-17-21(25-23(27)31-2)18-9-6-5-7-10-18/h5-7,9-10,12-13,16,21H,3-4,8,11,14-15,17H2,1-2H3. The summed E-state index contributed by atoms with van der Waals surface area (Å²) < 4.78 is 38.9. The number of nitrogens with zero attached hydrogens (tertiary/aromatic N) is 3. The van der Waals surface area contributed by atoms with Crippen LogP contribution in [-0.2, 0) is 25.9 Å². The van der Waals surface area contributed by atoms with Gasteiger partial charge in [-0.05, 0) is 48.6 Å². The van der Waals surface area contributed by atoms with E-state index in [9.17, 15) is 13.2 Å². The molecular formula is C24H29N3O5S. The second kappa shape index (κ2) is 9.82. The Labute approximate surface area is 194 Å². The highest BCUT2D eigenvalue weighted by Gasteiger charge is 2.37. The fourth-order valence-corrected chi connectivity index (χ4v) is 5.57. The van der Waals surface area contributed by atoms with E-state index in [0.717, 1.165) is 30.4 Å². The second-order valence-corrected chi connectivity index (χ2v) is 9.95. The van der Waals surface area contributed by atoms with E-state index < -0.39 is 10.0 Å². The average molecular weight is 472 g/mol. The third-order valence-electron chi connectivity index (χ3n) is 5.89. The first-order chi connectivity index (χ1) is 16.0. The van der Waals surface area contributed by atoms with Crippen molar-refractivity contribution in [3.63, 3.8) is 0 Å². The minimum atomic E-state index is -3.89. The predicted molar refractivity (Wildman–Crippen MR) is 126 cm³/mol. The summed E-state index contributed by atoms with van der Waals surface area (Å²) in [4.78, 5) is 18.7.